The minimum absolute atomic E-state index is 0.122. The first kappa shape index (κ1) is 26.0. The van der Waals surface area contributed by atoms with Gasteiger partial charge in [0.25, 0.3) is 11.8 Å². The van der Waals surface area contributed by atoms with Crippen LogP contribution in [0.1, 0.15) is 39.9 Å². The van der Waals surface area contributed by atoms with E-state index in [1.165, 1.54) is 25.0 Å². The molecule has 4 amide bonds. The molecule has 4 rings (SSSR count). The fourth-order valence-electron chi connectivity index (χ4n) is 4.68. The number of benzene rings is 2. The molecule has 0 radical (unpaired) electrons. The van der Waals surface area contributed by atoms with Crippen molar-refractivity contribution in [1.29, 1.82) is 0 Å². The Morgan fingerprint density at radius 1 is 1.06 bits per heavy atom. The molecule has 2 aliphatic rings. The van der Waals surface area contributed by atoms with E-state index in [4.69, 9.17) is 11.6 Å². The molecule has 0 unspecified atom stereocenters. The summed E-state index contributed by atoms with van der Waals surface area (Å²) in [7, 11) is 6.22. The Hall–Kier alpha value is -3.07. The highest BCUT2D eigenvalue weighted by molar-refractivity contribution is 6.41. The van der Waals surface area contributed by atoms with E-state index < -0.39 is 34.1 Å². The number of halogens is 3. The highest BCUT2D eigenvalue weighted by Gasteiger charge is 2.50. The largest absolute Gasteiger partial charge is 0.357 e. The summed E-state index contributed by atoms with van der Waals surface area (Å²) in [6.45, 7) is 0.122. The van der Waals surface area contributed by atoms with Gasteiger partial charge in [-0.05, 0) is 35.7 Å². The van der Waals surface area contributed by atoms with Gasteiger partial charge in [0, 0.05) is 34.5 Å². The zero-order chi connectivity index (χ0) is 26.6. The predicted molar refractivity (Wildman–Crippen MR) is 139 cm³/mol. The molecule has 2 aliphatic heterocycles. The van der Waals surface area contributed by atoms with Gasteiger partial charge >= 0.3 is 5.92 Å². The van der Waals surface area contributed by atoms with Crippen molar-refractivity contribution in [2.24, 2.45) is 0 Å². The average Bonchev–Trinajstić information content (AvgIpc) is 3.17. The summed E-state index contributed by atoms with van der Waals surface area (Å²) in [6, 6.07) is 9.63. The van der Waals surface area contributed by atoms with Gasteiger partial charge in [0.2, 0.25) is 19.8 Å². The van der Waals surface area contributed by atoms with E-state index in [-0.39, 0.29) is 36.2 Å². The summed E-state index contributed by atoms with van der Waals surface area (Å²) in [4.78, 5) is 53.1. The number of nitrogens with zero attached hydrogens (tertiary/aromatic N) is 2. The van der Waals surface area contributed by atoms with E-state index in [1.807, 2.05) is 0 Å². The summed E-state index contributed by atoms with van der Waals surface area (Å²) in [5.74, 6) is -6.34. The minimum atomic E-state index is -3.79. The Morgan fingerprint density at radius 3 is 2.31 bits per heavy atom. The van der Waals surface area contributed by atoms with E-state index in [1.54, 1.807) is 41.7 Å². The number of amides is 4. The predicted octanol–water partition coefficient (Wildman–Crippen LogP) is -1.39. The van der Waals surface area contributed by atoms with Crippen molar-refractivity contribution in [2.45, 2.75) is 36.1 Å². The van der Waals surface area contributed by atoms with Crippen molar-refractivity contribution >= 4 is 66.7 Å². The second-order valence-corrected chi connectivity index (χ2v) is 10.4. The Bertz CT molecular complexity index is 1290. The molecule has 182 valence electrons. The van der Waals surface area contributed by atoms with Crippen LogP contribution in [0.15, 0.2) is 42.5 Å². The van der Waals surface area contributed by atoms with Gasteiger partial charge in [-0.2, -0.15) is 8.78 Å². The number of carbonyl (C=O) groups is 4. The number of imide groups is 1. The standard InChI is InChI=1S/C22H22B4ClF2N3O4/c23-20(8-7-16(33)32(26)19(20)36)31-10-11-9-13(3-6-15(11)17(31)34)22(24,25)30-18(35)21(28,29)12-1-4-14(27)5-2-12/h1-6,9H,7-8,10,23-26H2,(H,30,35)/t20-/m1/s1. The summed E-state index contributed by atoms with van der Waals surface area (Å²) < 4.78 is 29.7. The Labute approximate surface area is 215 Å². The van der Waals surface area contributed by atoms with Crippen LogP contribution in [0.25, 0.3) is 0 Å². The van der Waals surface area contributed by atoms with Gasteiger partial charge in [-0.3, -0.25) is 19.2 Å². The lowest BCUT2D eigenvalue weighted by Gasteiger charge is -2.43. The molecule has 1 fully saturated rings. The summed E-state index contributed by atoms with van der Waals surface area (Å²) in [6.07, 6.45) is 0.355. The monoisotopic (exact) mass is 509 g/mol. The average molecular weight is 509 g/mol. The van der Waals surface area contributed by atoms with Gasteiger partial charge in [-0.25, -0.2) is 0 Å². The number of nitrogens with one attached hydrogen (secondary N) is 1. The molecule has 36 heavy (non-hydrogen) atoms. The Kier molecular flexibility index (Phi) is 6.35. The summed E-state index contributed by atoms with van der Waals surface area (Å²) in [5, 5.41) is 1.49. The maximum atomic E-state index is 14.8. The Balaban J connectivity index is 1.57. The quantitative estimate of drug-likeness (QED) is 0.398. The number of fused-ring (bicyclic) bond motifs is 1. The maximum absolute atomic E-state index is 14.8. The van der Waals surface area contributed by atoms with Crippen molar-refractivity contribution in [3.8, 4) is 0 Å². The first-order valence-corrected chi connectivity index (χ1v) is 11.8. The van der Waals surface area contributed by atoms with Crippen LogP contribution in [0.2, 0.25) is 5.02 Å². The van der Waals surface area contributed by atoms with Crippen LogP contribution in [-0.4, -0.2) is 70.3 Å². The molecule has 0 spiro atoms. The number of hydrogen-bond donors (Lipinski definition) is 1. The van der Waals surface area contributed by atoms with Gasteiger partial charge in [-0.15, -0.1) is 0 Å². The second kappa shape index (κ2) is 8.80. The maximum Gasteiger partial charge on any atom is 0.349 e. The zero-order valence-corrected chi connectivity index (χ0v) is 21.1. The lowest BCUT2D eigenvalue weighted by molar-refractivity contribution is -0.148. The molecule has 0 bridgehead atoms. The van der Waals surface area contributed by atoms with Crippen LogP contribution in [-0.2, 0) is 32.2 Å². The molecular weight excluding hydrogens is 487 g/mol. The number of rotatable bonds is 5. The van der Waals surface area contributed by atoms with Crippen LogP contribution < -0.4 is 5.32 Å². The van der Waals surface area contributed by atoms with Crippen LogP contribution in [0.4, 0.5) is 8.78 Å². The smallest absolute Gasteiger partial charge is 0.349 e. The van der Waals surface area contributed by atoms with Crippen LogP contribution in [0.3, 0.4) is 0 Å². The molecule has 2 heterocycles. The Morgan fingerprint density at radius 2 is 1.67 bits per heavy atom. The minimum Gasteiger partial charge on any atom is -0.357 e. The molecule has 1 saturated heterocycles. The second-order valence-electron chi connectivity index (χ2n) is 9.96. The SMILES string of the molecule is BN1C(=O)CC[C@@](B)(N2Cc3cc(C(B)(B)NC(=O)C(F)(F)c4ccc(Cl)cc4)ccc3C2=O)C1=O. The third-order valence-electron chi connectivity index (χ3n) is 7.11. The normalized spacial score (nSPS) is 20.5. The molecule has 1 atom stereocenters. The van der Waals surface area contributed by atoms with Crippen molar-refractivity contribution in [1.82, 2.24) is 15.0 Å². The van der Waals surface area contributed by atoms with Gasteiger partial charge in [0.15, 0.2) is 0 Å². The van der Waals surface area contributed by atoms with Crippen LogP contribution in [0, 0.1) is 0 Å². The zero-order valence-electron chi connectivity index (χ0n) is 20.3. The molecule has 0 aliphatic carbocycles. The third kappa shape index (κ3) is 4.23. The molecule has 1 N–H and O–H groups in total. The number of hydrogen-bond acceptors (Lipinski definition) is 4. The number of carbonyl (C=O) groups excluding carboxylic acids is 4. The van der Waals surface area contributed by atoms with E-state index in [2.05, 4.69) is 5.32 Å². The van der Waals surface area contributed by atoms with Gasteiger partial charge in [0.1, 0.15) is 23.5 Å². The lowest BCUT2D eigenvalue weighted by atomic mass is 9.57. The highest BCUT2D eigenvalue weighted by atomic mass is 35.5. The lowest BCUT2D eigenvalue weighted by Crippen LogP contribution is -2.64. The van der Waals surface area contributed by atoms with Gasteiger partial charge in [0.05, 0.1) is 5.44 Å². The van der Waals surface area contributed by atoms with E-state index >= 15 is 0 Å². The number of alkyl halides is 2. The van der Waals surface area contributed by atoms with Gasteiger partial charge in [-0.1, -0.05) is 35.9 Å². The van der Waals surface area contributed by atoms with Crippen molar-refractivity contribution < 1.29 is 28.0 Å². The van der Waals surface area contributed by atoms with Crippen LogP contribution >= 0.6 is 11.6 Å². The van der Waals surface area contributed by atoms with E-state index in [0.717, 1.165) is 16.9 Å². The molecular formula is C22H22B4ClF2N3O4. The molecule has 14 heteroatoms. The van der Waals surface area contributed by atoms with E-state index in [0.29, 0.717) is 16.7 Å². The van der Waals surface area contributed by atoms with Gasteiger partial charge < -0.3 is 15.0 Å². The van der Waals surface area contributed by atoms with Crippen LogP contribution in [0.5, 0.6) is 0 Å². The number of piperidine rings is 1. The molecule has 2 aromatic carbocycles. The van der Waals surface area contributed by atoms with Crippen molar-refractivity contribution in [2.75, 3.05) is 0 Å². The third-order valence-corrected chi connectivity index (χ3v) is 7.36. The molecule has 0 saturated carbocycles. The molecule has 0 aromatic heterocycles. The summed E-state index contributed by atoms with van der Waals surface area (Å²) >= 11 is 5.77. The first-order valence-electron chi connectivity index (χ1n) is 11.4. The fraction of sp³-hybridized carbons (Fsp3) is 0.273. The fourth-order valence-corrected chi connectivity index (χ4v) is 4.81. The van der Waals surface area contributed by atoms with E-state index in [9.17, 15) is 28.0 Å². The van der Waals surface area contributed by atoms with Crippen molar-refractivity contribution in [3.05, 3.63) is 69.7 Å². The molecule has 2 aromatic rings. The van der Waals surface area contributed by atoms with Crippen molar-refractivity contribution in [3.63, 3.8) is 0 Å². The summed E-state index contributed by atoms with van der Waals surface area (Å²) in [5.41, 5.74) is -0.143. The highest BCUT2D eigenvalue weighted by Crippen LogP contribution is 2.36. The molecule has 7 nitrogen and oxygen atoms in total. The topological polar surface area (TPSA) is 86.8 Å². The first-order chi connectivity index (χ1) is 16.7.